The maximum Gasteiger partial charge on any atom is 0.0678 e. The number of nitrogens with zero attached hydrogens (tertiary/aromatic N) is 1. The Kier molecular flexibility index (Phi) is 3.14. The van der Waals surface area contributed by atoms with Gasteiger partial charge in [0.1, 0.15) is 0 Å². The van der Waals surface area contributed by atoms with Gasteiger partial charge in [-0.05, 0) is 31.4 Å². The van der Waals surface area contributed by atoms with Crippen molar-refractivity contribution >= 4 is 0 Å². The highest BCUT2D eigenvalue weighted by molar-refractivity contribution is 5.37. The second-order valence-corrected chi connectivity index (χ2v) is 5.70. The molecule has 2 N–H and O–H groups in total. The molecule has 0 radical (unpaired) electrons. The van der Waals surface area contributed by atoms with Crippen molar-refractivity contribution in [1.82, 2.24) is 4.90 Å². The van der Waals surface area contributed by atoms with Crippen molar-refractivity contribution in [2.45, 2.75) is 44.6 Å². The van der Waals surface area contributed by atoms with Crippen molar-refractivity contribution < 1.29 is 4.74 Å². The van der Waals surface area contributed by atoms with Gasteiger partial charge >= 0.3 is 0 Å². The van der Waals surface area contributed by atoms with E-state index in [9.17, 15) is 0 Å². The molecule has 1 aromatic carbocycles. The van der Waals surface area contributed by atoms with Crippen LogP contribution in [0.3, 0.4) is 0 Å². The SMILES string of the molecule is CC1CN(C2CC(N)c3ccccc32)CC(C)O1. The van der Waals surface area contributed by atoms with Gasteiger partial charge in [-0.25, -0.2) is 0 Å². The highest BCUT2D eigenvalue weighted by Gasteiger charge is 2.35. The van der Waals surface area contributed by atoms with Gasteiger partial charge in [-0.2, -0.15) is 0 Å². The van der Waals surface area contributed by atoms with Crippen LogP contribution in [0.1, 0.15) is 43.5 Å². The predicted octanol–water partition coefficient (Wildman–Crippen LogP) is 2.24. The van der Waals surface area contributed by atoms with E-state index in [1.54, 1.807) is 0 Å². The molecule has 3 nitrogen and oxygen atoms in total. The first-order valence-corrected chi connectivity index (χ1v) is 6.89. The zero-order valence-electron chi connectivity index (χ0n) is 11.2. The van der Waals surface area contributed by atoms with Crippen LogP contribution >= 0.6 is 0 Å². The van der Waals surface area contributed by atoms with Crippen LogP contribution in [0.2, 0.25) is 0 Å². The quantitative estimate of drug-likeness (QED) is 0.826. The predicted molar refractivity (Wildman–Crippen MR) is 72.3 cm³/mol. The molecule has 1 saturated heterocycles. The maximum atomic E-state index is 6.25. The number of hydrogen-bond donors (Lipinski definition) is 1. The zero-order chi connectivity index (χ0) is 12.7. The smallest absolute Gasteiger partial charge is 0.0678 e. The summed E-state index contributed by atoms with van der Waals surface area (Å²) in [6, 6.07) is 9.29. The third kappa shape index (κ3) is 2.07. The van der Waals surface area contributed by atoms with Crippen LogP contribution in [-0.4, -0.2) is 30.2 Å². The molecule has 4 unspecified atom stereocenters. The zero-order valence-corrected chi connectivity index (χ0v) is 11.2. The number of hydrogen-bond acceptors (Lipinski definition) is 3. The standard InChI is InChI=1S/C15H22N2O/c1-10-8-17(9-11(2)18-10)15-7-14(16)12-5-3-4-6-13(12)15/h3-6,10-11,14-15H,7-9,16H2,1-2H3. The Morgan fingerprint density at radius 1 is 1.11 bits per heavy atom. The average Bonchev–Trinajstić information content (AvgIpc) is 2.66. The Labute approximate surface area is 109 Å². The minimum Gasteiger partial charge on any atom is -0.373 e. The monoisotopic (exact) mass is 246 g/mol. The second kappa shape index (κ2) is 4.65. The lowest BCUT2D eigenvalue weighted by molar-refractivity contribution is -0.0811. The van der Waals surface area contributed by atoms with Crippen molar-refractivity contribution in [1.29, 1.82) is 0 Å². The number of benzene rings is 1. The number of ether oxygens (including phenoxy) is 1. The van der Waals surface area contributed by atoms with Gasteiger partial charge in [0.25, 0.3) is 0 Å². The lowest BCUT2D eigenvalue weighted by Crippen LogP contribution is -2.46. The normalized spacial score (nSPS) is 36.6. The largest absolute Gasteiger partial charge is 0.373 e. The minimum absolute atomic E-state index is 0.194. The molecule has 0 spiro atoms. The topological polar surface area (TPSA) is 38.5 Å². The van der Waals surface area contributed by atoms with Gasteiger partial charge in [-0.3, -0.25) is 4.90 Å². The number of nitrogens with two attached hydrogens (primary N) is 1. The molecule has 3 heteroatoms. The molecule has 98 valence electrons. The van der Waals surface area contributed by atoms with E-state index in [-0.39, 0.29) is 6.04 Å². The van der Waals surface area contributed by atoms with Crippen molar-refractivity contribution in [2.24, 2.45) is 5.73 Å². The number of fused-ring (bicyclic) bond motifs is 1. The Bertz CT molecular complexity index is 424. The van der Waals surface area contributed by atoms with E-state index in [2.05, 4.69) is 43.0 Å². The van der Waals surface area contributed by atoms with Crippen LogP contribution in [0.5, 0.6) is 0 Å². The van der Waals surface area contributed by atoms with Crippen molar-refractivity contribution in [3.63, 3.8) is 0 Å². The summed E-state index contributed by atoms with van der Waals surface area (Å²) < 4.78 is 5.82. The Balaban J connectivity index is 1.86. The van der Waals surface area contributed by atoms with Gasteiger partial charge in [0.2, 0.25) is 0 Å². The first kappa shape index (κ1) is 12.2. The highest BCUT2D eigenvalue weighted by Crippen LogP contribution is 2.41. The summed E-state index contributed by atoms with van der Waals surface area (Å²) >= 11 is 0. The second-order valence-electron chi connectivity index (χ2n) is 5.70. The summed E-state index contributed by atoms with van der Waals surface area (Å²) in [4.78, 5) is 2.55. The molecule has 0 aromatic heterocycles. The molecule has 1 fully saturated rings. The van der Waals surface area contributed by atoms with Gasteiger partial charge in [-0.1, -0.05) is 24.3 Å². The molecule has 1 aliphatic heterocycles. The van der Waals surface area contributed by atoms with Gasteiger partial charge in [0.05, 0.1) is 12.2 Å². The van der Waals surface area contributed by atoms with Crippen molar-refractivity contribution in [3.8, 4) is 0 Å². The summed E-state index contributed by atoms with van der Waals surface area (Å²) in [5.74, 6) is 0. The van der Waals surface area contributed by atoms with Crippen LogP contribution in [-0.2, 0) is 4.74 Å². The number of morpholine rings is 1. The molecule has 0 bridgehead atoms. The molecule has 2 aliphatic rings. The van der Waals surface area contributed by atoms with E-state index in [4.69, 9.17) is 10.5 Å². The van der Waals surface area contributed by atoms with Crippen LogP contribution in [0, 0.1) is 0 Å². The first-order valence-electron chi connectivity index (χ1n) is 6.89. The molecular formula is C15H22N2O. The van der Waals surface area contributed by atoms with E-state index in [1.165, 1.54) is 11.1 Å². The van der Waals surface area contributed by atoms with Gasteiger partial charge in [0, 0.05) is 25.2 Å². The lowest BCUT2D eigenvalue weighted by Gasteiger charge is -2.39. The third-order valence-electron chi connectivity index (χ3n) is 4.12. The molecule has 3 rings (SSSR count). The lowest BCUT2D eigenvalue weighted by atomic mass is 10.1. The molecule has 1 heterocycles. The van der Waals surface area contributed by atoms with Crippen LogP contribution in [0.15, 0.2) is 24.3 Å². The van der Waals surface area contributed by atoms with E-state index >= 15 is 0 Å². The Morgan fingerprint density at radius 3 is 2.39 bits per heavy atom. The van der Waals surface area contributed by atoms with E-state index in [0.717, 1.165) is 19.5 Å². The average molecular weight is 246 g/mol. The Hall–Kier alpha value is -0.900. The van der Waals surface area contributed by atoms with Crippen molar-refractivity contribution in [3.05, 3.63) is 35.4 Å². The summed E-state index contributed by atoms with van der Waals surface area (Å²) in [6.07, 6.45) is 1.68. The Morgan fingerprint density at radius 2 is 1.72 bits per heavy atom. The van der Waals surface area contributed by atoms with E-state index in [0.29, 0.717) is 18.2 Å². The van der Waals surface area contributed by atoms with Crippen LogP contribution < -0.4 is 5.73 Å². The highest BCUT2D eigenvalue weighted by atomic mass is 16.5. The summed E-state index contributed by atoms with van der Waals surface area (Å²) in [7, 11) is 0. The van der Waals surface area contributed by atoms with Gasteiger partial charge < -0.3 is 10.5 Å². The third-order valence-corrected chi connectivity index (χ3v) is 4.12. The van der Waals surface area contributed by atoms with Gasteiger partial charge in [-0.15, -0.1) is 0 Å². The van der Waals surface area contributed by atoms with Crippen LogP contribution in [0.4, 0.5) is 0 Å². The van der Waals surface area contributed by atoms with E-state index in [1.807, 2.05) is 0 Å². The molecule has 0 amide bonds. The fraction of sp³-hybridized carbons (Fsp3) is 0.600. The van der Waals surface area contributed by atoms with E-state index < -0.39 is 0 Å². The van der Waals surface area contributed by atoms with Gasteiger partial charge in [0.15, 0.2) is 0 Å². The summed E-state index contributed by atoms with van der Waals surface area (Å²) in [6.45, 7) is 6.33. The molecule has 1 aromatic rings. The molecular weight excluding hydrogens is 224 g/mol. The fourth-order valence-electron chi connectivity index (χ4n) is 3.46. The maximum absolute atomic E-state index is 6.25. The molecule has 18 heavy (non-hydrogen) atoms. The molecule has 1 aliphatic carbocycles. The minimum atomic E-state index is 0.194. The summed E-state index contributed by atoms with van der Waals surface area (Å²) in [5.41, 5.74) is 9.01. The molecule has 4 atom stereocenters. The van der Waals surface area contributed by atoms with Crippen molar-refractivity contribution in [2.75, 3.05) is 13.1 Å². The summed E-state index contributed by atoms with van der Waals surface area (Å²) in [5, 5.41) is 0. The fourth-order valence-corrected chi connectivity index (χ4v) is 3.46. The molecule has 0 saturated carbocycles. The number of rotatable bonds is 1. The first-order chi connectivity index (χ1) is 8.65. The van der Waals surface area contributed by atoms with Crippen LogP contribution in [0.25, 0.3) is 0 Å².